The van der Waals surface area contributed by atoms with Gasteiger partial charge in [-0.05, 0) is 13.8 Å². The number of thiazole rings is 1. The number of rotatable bonds is 4. The van der Waals surface area contributed by atoms with Gasteiger partial charge in [-0.15, -0.1) is 11.3 Å². The van der Waals surface area contributed by atoms with Crippen LogP contribution < -0.4 is 10.9 Å². The highest BCUT2D eigenvalue weighted by Crippen LogP contribution is 2.16. The van der Waals surface area contributed by atoms with Gasteiger partial charge in [0, 0.05) is 12.0 Å². The lowest BCUT2D eigenvalue weighted by Crippen LogP contribution is -2.21. The third-order valence-electron chi connectivity index (χ3n) is 2.15. The number of nitrogens with zero attached hydrogens (tertiary/aromatic N) is 3. The molecule has 0 atom stereocenters. The second-order valence-corrected chi connectivity index (χ2v) is 4.34. The third-order valence-corrected chi connectivity index (χ3v) is 2.96. The number of anilines is 1. The lowest BCUT2D eigenvalue weighted by molar-refractivity contribution is -0.120. The van der Waals surface area contributed by atoms with Crippen LogP contribution >= 0.6 is 11.3 Å². The van der Waals surface area contributed by atoms with E-state index in [2.05, 4.69) is 15.4 Å². The predicted octanol–water partition coefficient (Wildman–Crippen LogP) is 0.434. The molecular formula is C10H12N4O3S. The Bertz CT molecular complexity index is 634. The van der Waals surface area contributed by atoms with Crippen LogP contribution in [0.25, 0.3) is 4.96 Å². The molecule has 0 saturated carbocycles. The van der Waals surface area contributed by atoms with Crippen molar-refractivity contribution in [2.45, 2.75) is 13.8 Å². The molecule has 18 heavy (non-hydrogen) atoms. The summed E-state index contributed by atoms with van der Waals surface area (Å²) >= 11 is 1.24. The SMILES string of the molecule is CCOCC(=O)Nc1csc2nc(=O)c(C)nn12. The number of fused-ring (bicyclic) bond motifs is 1. The van der Waals surface area contributed by atoms with E-state index in [1.54, 1.807) is 12.3 Å². The van der Waals surface area contributed by atoms with Gasteiger partial charge < -0.3 is 10.1 Å². The Morgan fingerprint density at radius 1 is 1.61 bits per heavy atom. The van der Waals surface area contributed by atoms with E-state index in [4.69, 9.17) is 4.74 Å². The fourth-order valence-corrected chi connectivity index (χ4v) is 2.05. The summed E-state index contributed by atoms with van der Waals surface area (Å²) in [6, 6.07) is 0. The monoisotopic (exact) mass is 268 g/mol. The lowest BCUT2D eigenvalue weighted by atomic mass is 10.5. The van der Waals surface area contributed by atoms with E-state index in [1.807, 2.05) is 6.92 Å². The molecule has 0 spiro atoms. The maximum absolute atomic E-state index is 11.5. The van der Waals surface area contributed by atoms with E-state index in [-0.39, 0.29) is 23.8 Å². The van der Waals surface area contributed by atoms with Crippen LogP contribution in [-0.2, 0) is 9.53 Å². The summed E-state index contributed by atoms with van der Waals surface area (Å²) in [6.07, 6.45) is 0. The van der Waals surface area contributed by atoms with Crippen molar-refractivity contribution >= 4 is 28.0 Å². The van der Waals surface area contributed by atoms with Crippen LogP contribution in [0, 0.1) is 6.92 Å². The third kappa shape index (κ3) is 2.54. The summed E-state index contributed by atoms with van der Waals surface area (Å²) in [6.45, 7) is 3.85. The van der Waals surface area contributed by atoms with E-state index in [1.165, 1.54) is 15.9 Å². The number of aryl methyl sites for hydroxylation is 1. The minimum atomic E-state index is -0.357. The minimum Gasteiger partial charge on any atom is -0.372 e. The van der Waals surface area contributed by atoms with Crippen LogP contribution in [0.2, 0.25) is 0 Å². The van der Waals surface area contributed by atoms with Gasteiger partial charge in [-0.3, -0.25) is 9.59 Å². The fraction of sp³-hybridized carbons (Fsp3) is 0.400. The second-order valence-electron chi connectivity index (χ2n) is 3.50. The Hall–Kier alpha value is -1.80. The zero-order valence-corrected chi connectivity index (χ0v) is 10.8. The summed E-state index contributed by atoms with van der Waals surface area (Å²) in [5.74, 6) is 0.213. The van der Waals surface area contributed by atoms with Gasteiger partial charge in [0.1, 0.15) is 18.1 Å². The van der Waals surface area contributed by atoms with Crippen LogP contribution in [0.1, 0.15) is 12.6 Å². The Labute approximate surface area is 106 Å². The number of carbonyl (C=O) groups is 1. The van der Waals surface area contributed by atoms with Gasteiger partial charge in [-0.2, -0.15) is 14.6 Å². The Morgan fingerprint density at radius 2 is 2.39 bits per heavy atom. The largest absolute Gasteiger partial charge is 0.372 e. The van der Waals surface area contributed by atoms with Crippen molar-refractivity contribution in [3.63, 3.8) is 0 Å². The summed E-state index contributed by atoms with van der Waals surface area (Å²) in [7, 11) is 0. The molecule has 0 aliphatic carbocycles. The predicted molar refractivity (Wildman–Crippen MR) is 67.0 cm³/mol. The second kappa shape index (κ2) is 5.23. The molecule has 2 rings (SSSR count). The molecule has 2 heterocycles. The quantitative estimate of drug-likeness (QED) is 0.869. The van der Waals surface area contributed by atoms with Crippen molar-refractivity contribution in [3.05, 3.63) is 21.4 Å². The van der Waals surface area contributed by atoms with Gasteiger partial charge >= 0.3 is 0 Å². The first-order valence-electron chi connectivity index (χ1n) is 5.34. The molecule has 2 aromatic rings. The van der Waals surface area contributed by atoms with E-state index in [0.717, 1.165) is 0 Å². The number of hydrogen-bond donors (Lipinski definition) is 1. The molecule has 1 amide bonds. The summed E-state index contributed by atoms with van der Waals surface area (Å²) in [4.78, 5) is 27.1. The number of ether oxygens (including phenoxy) is 1. The summed E-state index contributed by atoms with van der Waals surface area (Å²) < 4.78 is 6.43. The van der Waals surface area contributed by atoms with Gasteiger partial charge in [0.15, 0.2) is 0 Å². The summed E-state index contributed by atoms with van der Waals surface area (Å²) in [5.41, 5.74) is -0.0738. The van der Waals surface area contributed by atoms with Crippen LogP contribution in [0.15, 0.2) is 10.2 Å². The Morgan fingerprint density at radius 3 is 3.11 bits per heavy atom. The van der Waals surface area contributed by atoms with Crippen LogP contribution in [0.5, 0.6) is 0 Å². The minimum absolute atomic E-state index is 0.0134. The highest BCUT2D eigenvalue weighted by atomic mass is 32.1. The van der Waals surface area contributed by atoms with E-state index >= 15 is 0 Å². The highest BCUT2D eigenvalue weighted by Gasteiger charge is 2.10. The highest BCUT2D eigenvalue weighted by molar-refractivity contribution is 7.15. The first-order valence-corrected chi connectivity index (χ1v) is 6.22. The van der Waals surface area contributed by atoms with Gasteiger partial charge in [0.25, 0.3) is 11.5 Å². The van der Waals surface area contributed by atoms with Crippen molar-refractivity contribution in [1.82, 2.24) is 14.6 Å². The zero-order chi connectivity index (χ0) is 13.1. The van der Waals surface area contributed by atoms with Gasteiger partial charge in [0.05, 0.1) is 0 Å². The van der Waals surface area contributed by atoms with Crippen LogP contribution in [0.4, 0.5) is 5.82 Å². The molecule has 0 aromatic carbocycles. The summed E-state index contributed by atoms with van der Waals surface area (Å²) in [5, 5.41) is 8.39. The van der Waals surface area contributed by atoms with Gasteiger partial charge in [-0.1, -0.05) is 0 Å². The average molecular weight is 268 g/mol. The Kier molecular flexibility index (Phi) is 3.68. The molecule has 0 aliphatic heterocycles. The molecule has 0 bridgehead atoms. The molecule has 8 heteroatoms. The normalized spacial score (nSPS) is 10.8. The first-order chi connectivity index (χ1) is 8.61. The van der Waals surface area contributed by atoms with Crippen LogP contribution in [0.3, 0.4) is 0 Å². The van der Waals surface area contributed by atoms with Gasteiger partial charge in [-0.25, -0.2) is 0 Å². The smallest absolute Gasteiger partial charge is 0.295 e. The van der Waals surface area contributed by atoms with Crippen molar-refractivity contribution < 1.29 is 9.53 Å². The molecule has 0 radical (unpaired) electrons. The molecule has 0 saturated heterocycles. The van der Waals surface area contributed by atoms with Gasteiger partial charge in [0.2, 0.25) is 4.96 Å². The molecule has 0 aliphatic rings. The van der Waals surface area contributed by atoms with Crippen molar-refractivity contribution in [1.29, 1.82) is 0 Å². The number of carbonyl (C=O) groups excluding carboxylic acids is 1. The van der Waals surface area contributed by atoms with Crippen molar-refractivity contribution in [2.75, 3.05) is 18.5 Å². The number of aromatic nitrogens is 3. The molecule has 2 aromatic heterocycles. The Balaban J connectivity index is 2.26. The molecular weight excluding hydrogens is 256 g/mol. The van der Waals surface area contributed by atoms with E-state index < -0.39 is 0 Å². The standard InChI is InChI=1S/C10H12N4O3S/c1-3-17-4-8(15)11-7-5-18-10-12-9(16)6(2)13-14(7)10/h5H,3-4H2,1-2H3,(H,11,15). The van der Waals surface area contributed by atoms with E-state index in [9.17, 15) is 9.59 Å². The number of hydrogen-bond acceptors (Lipinski definition) is 6. The molecule has 0 unspecified atom stereocenters. The van der Waals surface area contributed by atoms with Crippen molar-refractivity contribution in [2.24, 2.45) is 0 Å². The zero-order valence-electron chi connectivity index (χ0n) is 9.97. The molecule has 0 fully saturated rings. The number of nitrogens with one attached hydrogen (secondary N) is 1. The topological polar surface area (TPSA) is 85.6 Å². The first kappa shape index (κ1) is 12.7. The average Bonchev–Trinajstić information content (AvgIpc) is 2.70. The van der Waals surface area contributed by atoms with Crippen molar-refractivity contribution in [3.8, 4) is 0 Å². The lowest BCUT2D eigenvalue weighted by Gasteiger charge is -2.04. The van der Waals surface area contributed by atoms with E-state index in [0.29, 0.717) is 17.4 Å². The molecule has 1 N–H and O–H groups in total. The molecule has 7 nitrogen and oxygen atoms in total. The maximum atomic E-state index is 11.5. The molecule has 96 valence electrons. The maximum Gasteiger partial charge on any atom is 0.295 e. The number of amides is 1. The fourth-order valence-electron chi connectivity index (χ4n) is 1.30. The van der Waals surface area contributed by atoms with Crippen LogP contribution in [-0.4, -0.2) is 33.7 Å².